The lowest BCUT2D eigenvalue weighted by Crippen LogP contribution is -2.04. The number of fused-ring (bicyclic) bond motifs is 1. The number of nitrogens with zero attached hydrogens (tertiary/aromatic N) is 2. The van der Waals surface area contributed by atoms with E-state index in [4.69, 9.17) is 11.6 Å². The Hall–Kier alpha value is -2.90. The minimum absolute atomic E-state index is 0.0732. The van der Waals surface area contributed by atoms with E-state index in [1.54, 1.807) is 42.5 Å². The fourth-order valence-electron chi connectivity index (χ4n) is 3.61. The SMILES string of the molecule is CCc1nc2c(F)c(Nc3ccc(Br)cc3Cl)c(-c3ccccc3C(=O)O)cc2n1C. The molecule has 0 unspecified atom stereocenters. The molecule has 8 heteroatoms. The molecule has 0 spiro atoms. The first-order valence-electron chi connectivity index (χ1n) is 9.54. The standard InChI is InChI=1S/C23H18BrClFN3O2/c1-3-19-28-22-18(29(19)2)11-15(13-6-4-5-7-14(13)23(30)31)21(20(22)26)27-17-9-8-12(24)10-16(17)25/h4-11,27H,3H2,1-2H3,(H,30,31). The van der Waals surface area contributed by atoms with E-state index in [0.717, 1.165) is 10.3 Å². The van der Waals surface area contributed by atoms with Crippen LogP contribution in [0.1, 0.15) is 23.1 Å². The van der Waals surface area contributed by atoms with Crippen molar-refractivity contribution in [2.75, 3.05) is 5.32 Å². The predicted molar refractivity (Wildman–Crippen MR) is 125 cm³/mol. The molecule has 158 valence electrons. The number of halogens is 3. The second kappa shape index (κ2) is 8.32. The van der Waals surface area contributed by atoms with Gasteiger partial charge >= 0.3 is 5.97 Å². The van der Waals surface area contributed by atoms with E-state index < -0.39 is 11.8 Å². The number of aromatic nitrogens is 2. The van der Waals surface area contributed by atoms with Gasteiger partial charge in [0.05, 0.1) is 27.5 Å². The number of aromatic carboxylic acids is 1. The van der Waals surface area contributed by atoms with Crippen LogP contribution < -0.4 is 5.32 Å². The average molecular weight is 503 g/mol. The van der Waals surface area contributed by atoms with Gasteiger partial charge in [0.2, 0.25) is 0 Å². The molecule has 0 aliphatic heterocycles. The van der Waals surface area contributed by atoms with E-state index >= 15 is 4.39 Å². The van der Waals surface area contributed by atoms with Gasteiger partial charge in [-0.15, -0.1) is 0 Å². The third kappa shape index (κ3) is 3.79. The molecule has 0 fully saturated rings. The van der Waals surface area contributed by atoms with Crippen LogP contribution in [-0.4, -0.2) is 20.6 Å². The Morgan fingerprint density at radius 1 is 1.23 bits per heavy atom. The molecule has 1 aromatic heterocycles. The molecule has 0 saturated heterocycles. The van der Waals surface area contributed by atoms with E-state index in [0.29, 0.717) is 33.8 Å². The van der Waals surface area contributed by atoms with E-state index in [9.17, 15) is 9.90 Å². The number of imidazole rings is 1. The Morgan fingerprint density at radius 3 is 2.65 bits per heavy atom. The summed E-state index contributed by atoms with van der Waals surface area (Å²) in [5.41, 5.74) is 2.28. The van der Waals surface area contributed by atoms with E-state index in [1.807, 2.05) is 18.5 Å². The van der Waals surface area contributed by atoms with Gasteiger partial charge in [0, 0.05) is 23.5 Å². The van der Waals surface area contributed by atoms with Crippen LogP contribution in [0.15, 0.2) is 53.0 Å². The molecule has 1 heterocycles. The molecular weight excluding hydrogens is 485 g/mol. The quantitative estimate of drug-likeness (QED) is 0.315. The molecule has 5 nitrogen and oxygen atoms in total. The van der Waals surface area contributed by atoms with E-state index in [1.165, 1.54) is 6.07 Å². The van der Waals surface area contributed by atoms with Crippen molar-refractivity contribution >= 4 is 55.9 Å². The minimum atomic E-state index is -1.09. The topological polar surface area (TPSA) is 67.2 Å². The van der Waals surface area contributed by atoms with Gasteiger partial charge in [0.25, 0.3) is 0 Å². The van der Waals surface area contributed by atoms with Gasteiger partial charge in [-0.2, -0.15) is 0 Å². The monoisotopic (exact) mass is 501 g/mol. The molecule has 0 saturated carbocycles. The van der Waals surface area contributed by atoms with Crippen LogP contribution in [0, 0.1) is 5.82 Å². The molecule has 4 rings (SSSR count). The molecule has 4 aromatic rings. The van der Waals surface area contributed by atoms with Crippen LogP contribution in [0.25, 0.3) is 22.2 Å². The second-order valence-corrected chi connectivity index (χ2v) is 8.34. The molecule has 0 amide bonds. The molecular formula is C23H18BrClFN3O2. The van der Waals surface area contributed by atoms with Gasteiger partial charge < -0.3 is 15.0 Å². The number of carboxylic acid groups (broad SMARTS) is 1. The number of benzene rings is 3. The second-order valence-electron chi connectivity index (χ2n) is 7.02. The zero-order valence-electron chi connectivity index (χ0n) is 16.7. The Morgan fingerprint density at radius 2 is 1.97 bits per heavy atom. The molecule has 31 heavy (non-hydrogen) atoms. The van der Waals surface area contributed by atoms with Crippen molar-refractivity contribution in [3.63, 3.8) is 0 Å². The van der Waals surface area contributed by atoms with Crippen LogP contribution in [0.5, 0.6) is 0 Å². The highest BCUT2D eigenvalue weighted by Gasteiger charge is 2.23. The normalized spacial score (nSPS) is 11.1. The Bertz CT molecular complexity index is 1340. The van der Waals surface area contributed by atoms with Gasteiger partial charge in [-0.3, -0.25) is 0 Å². The zero-order valence-corrected chi connectivity index (χ0v) is 19.1. The molecule has 0 bridgehead atoms. The molecule has 0 aliphatic rings. The summed E-state index contributed by atoms with van der Waals surface area (Å²) >= 11 is 9.71. The van der Waals surface area contributed by atoms with Gasteiger partial charge in [0.1, 0.15) is 11.3 Å². The number of nitrogens with one attached hydrogen (secondary N) is 1. The summed E-state index contributed by atoms with van der Waals surface area (Å²) in [5, 5.41) is 13.2. The molecule has 0 atom stereocenters. The van der Waals surface area contributed by atoms with Crippen LogP contribution in [0.2, 0.25) is 5.02 Å². The smallest absolute Gasteiger partial charge is 0.336 e. The molecule has 3 aromatic carbocycles. The highest BCUT2D eigenvalue weighted by Crippen LogP contribution is 2.40. The summed E-state index contributed by atoms with van der Waals surface area (Å²) in [4.78, 5) is 16.3. The highest BCUT2D eigenvalue weighted by molar-refractivity contribution is 9.10. The maximum Gasteiger partial charge on any atom is 0.336 e. The predicted octanol–water partition coefficient (Wildman–Crippen LogP) is 6.80. The average Bonchev–Trinajstić information content (AvgIpc) is 3.07. The molecule has 2 N–H and O–H groups in total. The van der Waals surface area contributed by atoms with E-state index in [-0.39, 0.29) is 16.8 Å². The fourth-order valence-corrected chi connectivity index (χ4v) is 4.33. The largest absolute Gasteiger partial charge is 0.478 e. The lowest BCUT2D eigenvalue weighted by atomic mass is 9.97. The van der Waals surface area contributed by atoms with Gasteiger partial charge in [-0.1, -0.05) is 52.7 Å². The third-order valence-electron chi connectivity index (χ3n) is 5.16. The summed E-state index contributed by atoms with van der Waals surface area (Å²) in [6, 6.07) is 13.5. The zero-order chi connectivity index (χ0) is 22.3. The fraction of sp³-hybridized carbons (Fsp3) is 0.130. The Balaban J connectivity index is 2.04. The Labute approximate surface area is 191 Å². The lowest BCUT2D eigenvalue weighted by Gasteiger charge is -2.17. The van der Waals surface area contributed by atoms with Gasteiger partial charge in [-0.05, 0) is 35.9 Å². The van der Waals surface area contributed by atoms with Crippen molar-refractivity contribution in [1.82, 2.24) is 9.55 Å². The summed E-state index contributed by atoms with van der Waals surface area (Å²) in [5.74, 6) is -0.935. The molecule has 0 radical (unpaired) electrons. The third-order valence-corrected chi connectivity index (χ3v) is 5.97. The lowest BCUT2D eigenvalue weighted by molar-refractivity contribution is 0.0697. The van der Waals surface area contributed by atoms with Crippen molar-refractivity contribution in [1.29, 1.82) is 0 Å². The van der Waals surface area contributed by atoms with Crippen LogP contribution >= 0.6 is 27.5 Å². The highest BCUT2D eigenvalue weighted by atomic mass is 79.9. The van der Waals surface area contributed by atoms with Crippen molar-refractivity contribution in [3.8, 4) is 11.1 Å². The summed E-state index contributed by atoms with van der Waals surface area (Å²) < 4.78 is 18.4. The number of aryl methyl sites for hydroxylation is 2. The summed E-state index contributed by atoms with van der Waals surface area (Å²) in [7, 11) is 1.82. The summed E-state index contributed by atoms with van der Waals surface area (Å²) in [6.45, 7) is 1.94. The first-order chi connectivity index (χ1) is 14.8. The number of hydrogen-bond donors (Lipinski definition) is 2. The van der Waals surface area contributed by atoms with Crippen molar-refractivity contribution < 1.29 is 14.3 Å². The maximum absolute atomic E-state index is 15.8. The minimum Gasteiger partial charge on any atom is -0.478 e. The first-order valence-corrected chi connectivity index (χ1v) is 10.7. The first kappa shape index (κ1) is 21.3. The van der Waals surface area contributed by atoms with Crippen molar-refractivity contribution in [2.24, 2.45) is 7.05 Å². The number of anilines is 2. The number of rotatable bonds is 5. The number of hydrogen-bond acceptors (Lipinski definition) is 3. The van der Waals surface area contributed by atoms with Crippen molar-refractivity contribution in [2.45, 2.75) is 13.3 Å². The van der Waals surface area contributed by atoms with Crippen LogP contribution in [-0.2, 0) is 13.5 Å². The van der Waals surface area contributed by atoms with Crippen LogP contribution in [0.4, 0.5) is 15.8 Å². The Kier molecular flexibility index (Phi) is 5.73. The number of carbonyl (C=O) groups is 1. The van der Waals surface area contributed by atoms with Crippen molar-refractivity contribution in [3.05, 3.63) is 75.2 Å². The maximum atomic E-state index is 15.8. The van der Waals surface area contributed by atoms with Gasteiger partial charge in [-0.25, -0.2) is 14.2 Å². The van der Waals surface area contributed by atoms with Crippen LogP contribution in [0.3, 0.4) is 0 Å². The van der Waals surface area contributed by atoms with Gasteiger partial charge in [0.15, 0.2) is 5.82 Å². The molecule has 0 aliphatic carbocycles. The summed E-state index contributed by atoms with van der Waals surface area (Å²) in [6.07, 6.45) is 0.632. The van der Waals surface area contributed by atoms with E-state index in [2.05, 4.69) is 26.2 Å². The number of carboxylic acids is 1.